The van der Waals surface area contributed by atoms with Gasteiger partial charge in [-0.25, -0.2) is 0 Å². The summed E-state index contributed by atoms with van der Waals surface area (Å²) in [6.45, 7) is 0.610. The Morgan fingerprint density at radius 2 is 1.67 bits per heavy atom. The SMILES string of the molecule is O=C(O)[C@H](Cc1ccc(O)cc1)NCCc1ccccc1. The predicted molar refractivity (Wildman–Crippen MR) is 81.4 cm³/mol. The Morgan fingerprint density at radius 1 is 1.00 bits per heavy atom. The zero-order valence-electron chi connectivity index (χ0n) is 11.7. The summed E-state index contributed by atoms with van der Waals surface area (Å²) in [4.78, 5) is 11.3. The lowest BCUT2D eigenvalue weighted by molar-refractivity contribution is -0.139. The summed E-state index contributed by atoms with van der Waals surface area (Å²) in [6.07, 6.45) is 1.19. The summed E-state index contributed by atoms with van der Waals surface area (Å²) >= 11 is 0. The Balaban J connectivity index is 1.87. The van der Waals surface area contributed by atoms with Crippen LogP contribution < -0.4 is 5.32 Å². The van der Waals surface area contributed by atoms with E-state index in [2.05, 4.69) is 5.32 Å². The average Bonchev–Trinajstić information content (AvgIpc) is 2.49. The van der Waals surface area contributed by atoms with Gasteiger partial charge < -0.3 is 15.5 Å². The first-order valence-corrected chi connectivity index (χ1v) is 6.93. The molecule has 2 aromatic rings. The highest BCUT2D eigenvalue weighted by Crippen LogP contribution is 2.11. The molecule has 0 saturated heterocycles. The van der Waals surface area contributed by atoms with E-state index in [1.165, 1.54) is 5.56 Å². The molecule has 4 heteroatoms. The second-order valence-electron chi connectivity index (χ2n) is 4.95. The Labute approximate surface area is 124 Å². The van der Waals surface area contributed by atoms with E-state index in [-0.39, 0.29) is 5.75 Å². The zero-order chi connectivity index (χ0) is 15.1. The lowest BCUT2D eigenvalue weighted by Gasteiger charge is -2.14. The van der Waals surface area contributed by atoms with Gasteiger partial charge in [0.2, 0.25) is 0 Å². The number of hydrogen-bond acceptors (Lipinski definition) is 3. The first-order chi connectivity index (χ1) is 10.1. The molecule has 110 valence electrons. The molecule has 0 heterocycles. The average molecular weight is 285 g/mol. The van der Waals surface area contributed by atoms with Crippen molar-refractivity contribution in [1.82, 2.24) is 5.32 Å². The number of phenols is 1. The van der Waals surface area contributed by atoms with Crippen LogP contribution >= 0.6 is 0 Å². The minimum atomic E-state index is -0.865. The molecule has 0 radical (unpaired) electrons. The largest absolute Gasteiger partial charge is 0.508 e. The van der Waals surface area contributed by atoms with Crippen LogP contribution in [0.15, 0.2) is 54.6 Å². The minimum absolute atomic E-state index is 0.183. The Hall–Kier alpha value is -2.33. The van der Waals surface area contributed by atoms with Gasteiger partial charge in [0, 0.05) is 0 Å². The standard InChI is InChI=1S/C17H19NO3/c19-15-8-6-14(7-9-15)12-16(17(20)21)18-11-10-13-4-2-1-3-5-13/h1-9,16,18-19H,10-12H2,(H,20,21)/t16-/m0/s1. The van der Waals surface area contributed by atoms with Gasteiger partial charge in [-0.2, -0.15) is 0 Å². The number of rotatable bonds is 7. The number of benzene rings is 2. The molecule has 0 aliphatic heterocycles. The van der Waals surface area contributed by atoms with E-state index >= 15 is 0 Å². The first kappa shape index (κ1) is 15.1. The summed E-state index contributed by atoms with van der Waals surface area (Å²) in [5, 5.41) is 21.6. The molecule has 2 aromatic carbocycles. The second-order valence-corrected chi connectivity index (χ2v) is 4.95. The molecule has 21 heavy (non-hydrogen) atoms. The lowest BCUT2D eigenvalue weighted by Crippen LogP contribution is -2.39. The summed E-state index contributed by atoms with van der Waals surface area (Å²) in [6, 6.07) is 15.9. The molecule has 2 rings (SSSR count). The van der Waals surface area contributed by atoms with Crippen LogP contribution in [0, 0.1) is 0 Å². The lowest BCUT2D eigenvalue weighted by atomic mass is 10.1. The van der Waals surface area contributed by atoms with Crippen molar-refractivity contribution in [1.29, 1.82) is 0 Å². The van der Waals surface area contributed by atoms with Crippen LogP contribution in [-0.4, -0.2) is 28.8 Å². The molecule has 1 atom stereocenters. The van der Waals surface area contributed by atoms with E-state index < -0.39 is 12.0 Å². The third kappa shape index (κ3) is 4.93. The Kier molecular flexibility index (Phi) is 5.35. The molecule has 0 bridgehead atoms. The molecule has 0 saturated carbocycles. The number of aliphatic carboxylic acids is 1. The second kappa shape index (κ2) is 7.45. The highest BCUT2D eigenvalue weighted by Gasteiger charge is 2.16. The quantitative estimate of drug-likeness (QED) is 0.729. The van der Waals surface area contributed by atoms with E-state index in [0.29, 0.717) is 13.0 Å². The van der Waals surface area contributed by atoms with Crippen molar-refractivity contribution in [3.8, 4) is 5.75 Å². The van der Waals surface area contributed by atoms with Gasteiger partial charge >= 0.3 is 5.97 Å². The maximum atomic E-state index is 11.3. The van der Waals surface area contributed by atoms with Crippen LogP contribution in [0.3, 0.4) is 0 Å². The molecule has 0 fully saturated rings. The molecule has 0 aliphatic carbocycles. The van der Waals surface area contributed by atoms with Crippen molar-refractivity contribution >= 4 is 5.97 Å². The highest BCUT2D eigenvalue weighted by molar-refractivity contribution is 5.73. The van der Waals surface area contributed by atoms with Gasteiger partial charge in [-0.3, -0.25) is 4.79 Å². The summed E-state index contributed by atoms with van der Waals surface area (Å²) < 4.78 is 0. The van der Waals surface area contributed by atoms with E-state index in [9.17, 15) is 15.0 Å². The third-order valence-corrected chi connectivity index (χ3v) is 3.32. The van der Waals surface area contributed by atoms with Gasteiger partial charge in [0.25, 0.3) is 0 Å². The molecular formula is C17H19NO3. The van der Waals surface area contributed by atoms with Crippen LogP contribution in [0.5, 0.6) is 5.75 Å². The van der Waals surface area contributed by atoms with Gasteiger partial charge in [0.15, 0.2) is 0 Å². The van der Waals surface area contributed by atoms with Gasteiger partial charge in [-0.1, -0.05) is 42.5 Å². The third-order valence-electron chi connectivity index (χ3n) is 3.32. The van der Waals surface area contributed by atoms with Crippen LogP contribution in [0.25, 0.3) is 0 Å². The number of carbonyl (C=O) groups is 1. The van der Waals surface area contributed by atoms with Crippen molar-refractivity contribution in [2.24, 2.45) is 0 Å². The van der Waals surface area contributed by atoms with E-state index in [0.717, 1.165) is 12.0 Å². The van der Waals surface area contributed by atoms with Gasteiger partial charge in [0.05, 0.1) is 0 Å². The fourth-order valence-electron chi connectivity index (χ4n) is 2.15. The number of nitrogens with one attached hydrogen (secondary N) is 1. The van der Waals surface area contributed by atoms with Crippen molar-refractivity contribution < 1.29 is 15.0 Å². The zero-order valence-corrected chi connectivity index (χ0v) is 11.7. The van der Waals surface area contributed by atoms with Crippen LogP contribution in [-0.2, 0) is 17.6 Å². The molecule has 4 nitrogen and oxygen atoms in total. The highest BCUT2D eigenvalue weighted by atomic mass is 16.4. The van der Waals surface area contributed by atoms with Gasteiger partial charge in [-0.05, 0) is 42.6 Å². The van der Waals surface area contributed by atoms with Crippen LogP contribution in [0.4, 0.5) is 0 Å². The topological polar surface area (TPSA) is 69.6 Å². The Bertz CT molecular complexity index is 566. The van der Waals surface area contributed by atoms with Crippen molar-refractivity contribution in [2.75, 3.05) is 6.54 Å². The smallest absolute Gasteiger partial charge is 0.321 e. The van der Waals surface area contributed by atoms with E-state index in [4.69, 9.17) is 0 Å². The number of carboxylic acid groups (broad SMARTS) is 1. The molecule has 0 unspecified atom stereocenters. The molecule has 0 amide bonds. The van der Waals surface area contributed by atoms with E-state index in [1.54, 1.807) is 24.3 Å². The summed E-state index contributed by atoms with van der Waals surface area (Å²) in [5.41, 5.74) is 2.06. The maximum Gasteiger partial charge on any atom is 0.321 e. The minimum Gasteiger partial charge on any atom is -0.508 e. The molecule has 0 aliphatic rings. The summed E-state index contributed by atoms with van der Waals surface area (Å²) in [7, 11) is 0. The van der Waals surface area contributed by atoms with Crippen molar-refractivity contribution in [2.45, 2.75) is 18.9 Å². The summed E-state index contributed by atoms with van der Waals surface area (Å²) in [5.74, 6) is -0.682. The van der Waals surface area contributed by atoms with Gasteiger partial charge in [-0.15, -0.1) is 0 Å². The predicted octanol–water partition coefficient (Wildman–Crippen LogP) is 2.22. The number of phenolic OH excluding ortho intramolecular Hbond substituents is 1. The molecular weight excluding hydrogens is 266 g/mol. The maximum absolute atomic E-state index is 11.3. The number of aromatic hydroxyl groups is 1. The van der Waals surface area contributed by atoms with Gasteiger partial charge in [0.1, 0.15) is 11.8 Å². The molecule has 0 aromatic heterocycles. The molecule has 3 N–H and O–H groups in total. The van der Waals surface area contributed by atoms with Crippen molar-refractivity contribution in [3.63, 3.8) is 0 Å². The van der Waals surface area contributed by atoms with Crippen LogP contribution in [0.2, 0.25) is 0 Å². The fraction of sp³-hybridized carbons (Fsp3) is 0.235. The Morgan fingerprint density at radius 3 is 2.29 bits per heavy atom. The van der Waals surface area contributed by atoms with E-state index in [1.807, 2.05) is 30.3 Å². The number of hydrogen-bond donors (Lipinski definition) is 3. The monoisotopic (exact) mass is 285 g/mol. The number of carboxylic acids is 1. The molecule has 0 spiro atoms. The fourth-order valence-corrected chi connectivity index (χ4v) is 2.15. The van der Waals surface area contributed by atoms with Crippen LogP contribution in [0.1, 0.15) is 11.1 Å². The first-order valence-electron chi connectivity index (χ1n) is 6.93. The van der Waals surface area contributed by atoms with Crippen molar-refractivity contribution in [3.05, 3.63) is 65.7 Å². The normalized spacial score (nSPS) is 12.0.